The first-order chi connectivity index (χ1) is 20.3. The van der Waals surface area contributed by atoms with Gasteiger partial charge in [-0.15, -0.1) is 0 Å². The number of nitrogens with zero attached hydrogens (tertiary/aromatic N) is 1. The van der Waals surface area contributed by atoms with Gasteiger partial charge in [0.25, 0.3) is 10.0 Å². The SMILES string of the molecule is Cc1ccc(S(=O)(=O)/N=C2/C(/C(=C/c3ccccc3)c3ccccc3)=C(c3ccc(Cl)cc3)c3cc(Cl)ccc32)cc1. The molecule has 0 spiro atoms. The quantitative estimate of drug-likeness (QED) is 0.181. The Hall–Kier alpha value is -4.22. The van der Waals surface area contributed by atoms with E-state index >= 15 is 0 Å². The zero-order valence-electron chi connectivity index (χ0n) is 22.6. The molecule has 0 saturated heterocycles. The molecule has 1 aliphatic carbocycles. The molecule has 5 aromatic rings. The molecule has 5 aromatic carbocycles. The van der Waals surface area contributed by atoms with Crippen LogP contribution in [0.15, 0.2) is 142 Å². The fourth-order valence-electron chi connectivity index (χ4n) is 5.11. The zero-order valence-corrected chi connectivity index (χ0v) is 25.0. The smallest absolute Gasteiger partial charge is 0.199 e. The van der Waals surface area contributed by atoms with Crippen molar-refractivity contribution in [1.29, 1.82) is 0 Å². The van der Waals surface area contributed by atoms with Gasteiger partial charge in [-0.3, -0.25) is 0 Å². The molecule has 0 aliphatic heterocycles. The molecular formula is C36H25Cl2NO2S. The van der Waals surface area contributed by atoms with E-state index in [1.807, 2.05) is 104 Å². The van der Waals surface area contributed by atoms with Crippen LogP contribution in [0.5, 0.6) is 0 Å². The van der Waals surface area contributed by atoms with Gasteiger partial charge in [-0.2, -0.15) is 12.8 Å². The molecule has 0 unspecified atom stereocenters. The second-order valence-electron chi connectivity index (χ2n) is 10.0. The standard InChI is InChI=1S/C36H25Cl2NO2S/c1-24-12-19-30(20-13-24)42(40,41)39-36-31-21-18-29(38)23-33(31)34(27-14-16-28(37)17-15-27)35(36)32(26-10-6-3-7-11-26)22-25-8-4-2-5-9-25/h2-23H,1H3/b32-22+,39-36+. The van der Waals surface area contributed by atoms with E-state index in [-0.39, 0.29) is 4.90 Å². The lowest BCUT2D eigenvalue weighted by molar-refractivity contribution is 0.598. The van der Waals surface area contributed by atoms with Crippen LogP contribution in [0.3, 0.4) is 0 Å². The number of halogens is 2. The van der Waals surface area contributed by atoms with E-state index in [0.717, 1.165) is 39.0 Å². The predicted octanol–water partition coefficient (Wildman–Crippen LogP) is 9.54. The summed E-state index contributed by atoms with van der Waals surface area (Å²) < 4.78 is 32.3. The van der Waals surface area contributed by atoms with Crippen molar-refractivity contribution in [3.05, 3.63) is 176 Å². The molecule has 6 heteroatoms. The number of fused-ring (bicyclic) bond motifs is 1. The average molecular weight is 607 g/mol. The third-order valence-electron chi connectivity index (χ3n) is 7.12. The van der Waals surface area contributed by atoms with Crippen molar-refractivity contribution < 1.29 is 8.42 Å². The third kappa shape index (κ3) is 5.62. The number of aryl methyl sites for hydroxylation is 1. The molecule has 0 heterocycles. The summed E-state index contributed by atoms with van der Waals surface area (Å²) in [5.41, 5.74) is 7.91. The molecule has 0 fully saturated rings. The monoisotopic (exact) mass is 605 g/mol. The van der Waals surface area contributed by atoms with Crippen LogP contribution in [0, 0.1) is 6.92 Å². The summed E-state index contributed by atoms with van der Waals surface area (Å²) in [7, 11) is -4.07. The molecule has 0 saturated carbocycles. The van der Waals surface area contributed by atoms with E-state index in [1.165, 1.54) is 0 Å². The van der Waals surface area contributed by atoms with Crippen molar-refractivity contribution in [2.24, 2.45) is 4.40 Å². The Kier molecular flexibility index (Phi) is 7.70. The van der Waals surface area contributed by atoms with E-state index in [4.69, 9.17) is 23.2 Å². The fraction of sp³-hybridized carbons (Fsp3) is 0.0278. The molecular weight excluding hydrogens is 581 g/mol. The molecule has 206 valence electrons. The fourth-order valence-corrected chi connectivity index (χ4v) is 6.42. The molecule has 3 nitrogen and oxygen atoms in total. The summed E-state index contributed by atoms with van der Waals surface area (Å²) in [4.78, 5) is 0.128. The van der Waals surface area contributed by atoms with Crippen LogP contribution in [0.2, 0.25) is 10.0 Å². The van der Waals surface area contributed by atoms with Crippen LogP contribution < -0.4 is 0 Å². The Bertz CT molecular complexity index is 1980. The second-order valence-corrected chi connectivity index (χ2v) is 12.5. The molecule has 0 N–H and O–H groups in total. The lowest BCUT2D eigenvalue weighted by atomic mass is 9.89. The van der Waals surface area contributed by atoms with Gasteiger partial charge in [-0.1, -0.05) is 120 Å². The van der Waals surface area contributed by atoms with Crippen LogP contribution in [0.25, 0.3) is 17.2 Å². The minimum atomic E-state index is -4.07. The zero-order chi connectivity index (χ0) is 29.3. The normalized spacial score (nSPS) is 14.4. The molecule has 0 radical (unpaired) electrons. The van der Waals surface area contributed by atoms with Gasteiger partial charge < -0.3 is 0 Å². The first kappa shape index (κ1) is 27.9. The molecule has 6 rings (SSSR count). The maximum Gasteiger partial charge on any atom is 0.282 e. The van der Waals surface area contributed by atoms with Crippen molar-refractivity contribution >= 4 is 56.2 Å². The Morgan fingerprint density at radius 2 is 1.31 bits per heavy atom. The van der Waals surface area contributed by atoms with E-state index in [2.05, 4.69) is 10.5 Å². The van der Waals surface area contributed by atoms with Crippen LogP contribution in [0.4, 0.5) is 0 Å². The van der Waals surface area contributed by atoms with E-state index in [1.54, 1.807) is 30.3 Å². The molecule has 0 atom stereocenters. The maximum absolute atomic E-state index is 13.9. The van der Waals surface area contributed by atoms with Crippen molar-refractivity contribution in [3.63, 3.8) is 0 Å². The second kappa shape index (κ2) is 11.6. The minimum absolute atomic E-state index is 0.128. The lowest BCUT2D eigenvalue weighted by Crippen LogP contribution is -2.09. The largest absolute Gasteiger partial charge is 0.282 e. The molecule has 0 aromatic heterocycles. The Labute approximate surface area is 256 Å². The van der Waals surface area contributed by atoms with Gasteiger partial charge in [0.2, 0.25) is 0 Å². The van der Waals surface area contributed by atoms with Crippen molar-refractivity contribution in [2.45, 2.75) is 11.8 Å². The van der Waals surface area contributed by atoms with Crippen LogP contribution in [-0.4, -0.2) is 14.1 Å². The number of benzene rings is 5. The van der Waals surface area contributed by atoms with E-state index in [0.29, 0.717) is 26.9 Å². The van der Waals surface area contributed by atoms with Gasteiger partial charge in [0, 0.05) is 21.2 Å². The molecule has 0 amide bonds. The average Bonchev–Trinajstić information content (AvgIpc) is 3.29. The van der Waals surface area contributed by atoms with Gasteiger partial charge in [0.15, 0.2) is 0 Å². The van der Waals surface area contributed by atoms with Crippen LogP contribution >= 0.6 is 23.2 Å². The Morgan fingerprint density at radius 3 is 1.98 bits per heavy atom. The molecule has 0 bridgehead atoms. The Morgan fingerprint density at radius 1 is 0.690 bits per heavy atom. The number of sulfonamides is 1. The highest BCUT2D eigenvalue weighted by Crippen LogP contribution is 2.45. The van der Waals surface area contributed by atoms with Gasteiger partial charge in [0.05, 0.1) is 10.6 Å². The summed E-state index contributed by atoms with van der Waals surface area (Å²) in [6.07, 6.45) is 2.07. The molecule has 1 aliphatic rings. The highest BCUT2D eigenvalue weighted by Gasteiger charge is 2.33. The number of hydrogen-bond donors (Lipinski definition) is 0. The van der Waals surface area contributed by atoms with Crippen molar-refractivity contribution in [1.82, 2.24) is 0 Å². The number of allylic oxidation sites excluding steroid dienone is 2. The first-order valence-corrected chi connectivity index (χ1v) is 15.5. The topological polar surface area (TPSA) is 46.5 Å². The van der Waals surface area contributed by atoms with Gasteiger partial charge >= 0.3 is 0 Å². The number of rotatable bonds is 6. The number of hydrogen-bond acceptors (Lipinski definition) is 2. The van der Waals surface area contributed by atoms with E-state index < -0.39 is 10.0 Å². The summed E-state index contributed by atoms with van der Waals surface area (Å²) in [6, 6.07) is 39.6. The highest BCUT2D eigenvalue weighted by atomic mass is 35.5. The van der Waals surface area contributed by atoms with E-state index in [9.17, 15) is 8.42 Å². The summed E-state index contributed by atoms with van der Waals surface area (Å²) in [5.74, 6) is 0. The lowest BCUT2D eigenvalue weighted by Gasteiger charge is -2.15. The summed E-state index contributed by atoms with van der Waals surface area (Å²) >= 11 is 12.8. The maximum atomic E-state index is 13.9. The van der Waals surface area contributed by atoms with Crippen molar-refractivity contribution in [3.8, 4) is 0 Å². The summed E-state index contributed by atoms with van der Waals surface area (Å²) in [5, 5.41) is 1.14. The minimum Gasteiger partial charge on any atom is -0.199 e. The van der Waals surface area contributed by atoms with Gasteiger partial charge in [-0.05, 0) is 82.8 Å². The summed E-state index contributed by atoms with van der Waals surface area (Å²) in [6.45, 7) is 1.92. The van der Waals surface area contributed by atoms with Crippen molar-refractivity contribution in [2.75, 3.05) is 0 Å². The van der Waals surface area contributed by atoms with Gasteiger partial charge in [0.1, 0.15) is 0 Å². The third-order valence-corrected chi connectivity index (χ3v) is 8.90. The Balaban J connectivity index is 1.73. The first-order valence-electron chi connectivity index (χ1n) is 13.4. The van der Waals surface area contributed by atoms with Crippen LogP contribution in [-0.2, 0) is 10.0 Å². The molecule has 42 heavy (non-hydrogen) atoms. The predicted molar refractivity (Wildman–Crippen MR) is 175 cm³/mol. The van der Waals surface area contributed by atoms with Crippen LogP contribution in [0.1, 0.15) is 33.4 Å². The van der Waals surface area contributed by atoms with Gasteiger partial charge in [-0.25, -0.2) is 0 Å². The highest BCUT2D eigenvalue weighted by molar-refractivity contribution is 7.90.